The Hall–Kier alpha value is -2.19. The Balaban J connectivity index is 1.79. The topological polar surface area (TPSA) is 43.7 Å². The number of rotatable bonds is 7. The quantitative estimate of drug-likeness (QED) is 0.440. The second-order valence-electron chi connectivity index (χ2n) is 5.06. The van der Waals surface area contributed by atoms with Gasteiger partial charge in [0.1, 0.15) is 19.0 Å². The monoisotopic (exact) mass is 316 g/mol. The third-order valence-electron chi connectivity index (χ3n) is 3.16. The van der Waals surface area contributed by atoms with E-state index in [-0.39, 0.29) is 6.61 Å². The van der Waals surface area contributed by atoms with Gasteiger partial charge in [0.2, 0.25) is 0 Å². The van der Waals surface area contributed by atoms with Crippen LogP contribution in [0.5, 0.6) is 0 Å². The van der Waals surface area contributed by atoms with Gasteiger partial charge in [0.05, 0.1) is 18.9 Å². The van der Waals surface area contributed by atoms with Gasteiger partial charge >= 0.3 is 0 Å². The van der Waals surface area contributed by atoms with Gasteiger partial charge in [0.25, 0.3) is 0 Å². The lowest BCUT2D eigenvalue weighted by molar-refractivity contribution is 0.0794. The van der Waals surface area contributed by atoms with Crippen molar-refractivity contribution in [1.29, 1.82) is 0 Å². The Bertz CT molecular complexity index is 588. The summed E-state index contributed by atoms with van der Waals surface area (Å²) in [7, 11) is 0. The molecule has 0 spiro atoms. The van der Waals surface area contributed by atoms with Crippen LogP contribution in [0.25, 0.3) is 0 Å². The third-order valence-corrected chi connectivity index (χ3v) is 3.16. The minimum absolute atomic E-state index is 0.148. The minimum Gasteiger partial charge on any atom is -0.396 e. The van der Waals surface area contributed by atoms with Crippen LogP contribution in [0, 0.1) is 11.8 Å². The van der Waals surface area contributed by atoms with Crippen molar-refractivity contribution in [3.05, 3.63) is 41.7 Å². The van der Waals surface area contributed by atoms with Gasteiger partial charge in [-0.15, -0.1) is 0 Å². The number of hydrogen-bond donors (Lipinski definition) is 0. The number of hydrogen-bond acceptors (Lipinski definition) is 4. The highest BCUT2D eigenvalue weighted by Crippen LogP contribution is 2.15. The standard InChI is InChI=1S/C18H21FN2O2/c19-10-14-22-12-4-13-23-21-18-7-3-5-16(15-18)8-9-17-6-1-2-11-20-17/h1-2,6,11,15H,3-5,7,10,12-14H2/b21-18+. The predicted molar refractivity (Wildman–Crippen MR) is 87.8 cm³/mol. The molecular weight excluding hydrogens is 295 g/mol. The number of aromatic nitrogens is 1. The summed E-state index contributed by atoms with van der Waals surface area (Å²) in [4.78, 5) is 9.46. The van der Waals surface area contributed by atoms with E-state index in [1.165, 1.54) is 0 Å². The van der Waals surface area contributed by atoms with Gasteiger partial charge in [-0.3, -0.25) is 0 Å². The number of allylic oxidation sites excluding steroid dienone is 2. The Morgan fingerprint density at radius 3 is 2.96 bits per heavy atom. The SMILES string of the molecule is FCCOCCCO/N=C1/C=C(C#Cc2ccccn2)CCC1. The first-order chi connectivity index (χ1) is 11.4. The average molecular weight is 316 g/mol. The van der Waals surface area contributed by atoms with E-state index in [0.717, 1.165) is 36.2 Å². The van der Waals surface area contributed by atoms with Crippen LogP contribution in [-0.2, 0) is 9.57 Å². The summed E-state index contributed by atoms with van der Waals surface area (Å²) in [5.74, 6) is 6.21. The number of oxime groups is 1. The van der Waals surface area contributed by atoms with Gasteiger partial charge in [0, 0.05) is 18.2 Å². The molecule has 0 unspecified atom stereocenters. The molecule has 2 rings (SSSR count). The van der Waals surface area contributed by atoms with Crippen LogP contribution in [0.3, 0.4) is 0 Å². The fourth-order valence-corrected chi connectivity index (χ4v) is 2.07. The van der Waals surface area contributed by atoms with Crippen LogP contribution in [0.1, 0.15) is 31.4 Å². The molecular formula is C18H21FN2O2. The summed E-state index contributed by atoms with van der Waals surface area (Å²) in [5, 5.41) is 4.13. The zero-order valence-corrected chi connectivity index (χ0v) is 13.1. The normalized spacial score (nSPS) is 15.7. The summed E-state index contributed by atoms with van der Waals surface area (Å²) in [6.45, 7) is 0.663. The molecule has 0 atom stereocenters. The maximum absolute atomic E-state index is 11.8. The predicted octanol–water partition coefficient (Wildman–Crippen LogP) is 3.29. The summed E-state index contributed by atoms with van der Waals surface area (Å²) in [6, 6.07) is 5.68. The van der Waals surface area contributed by atoms with Crippen molar-refractivity contribution in [1.82, 2.24) is 4.98 Å². The van der Waals surface area contributed by atoms with Crippen molar-refractivity contribution >= 4 is 5.71 Å². The van der Waals surface area contributed by atoms with E-state index in [1.54, 1.807) is 6.20 Å². The third kappa shape index (κ3) is 7.07. The van der Waals surface area contributed by atoms with E-state index >= 15 is 0 Å². The molecule has 1 heterocycles. The van der Waals surface area contributed by atoms with Crippen LogP contribution in [-0.4, -0.2) is 37.2 Å². The van der Waals surface area contributed by atoms with E-state index in [0.29, 0.717) is 19.6 Å². The lowest BCUT2D eigenvalue weighted by Crippen LogP contribution is -2.05. The molecule has 0 amide bonds. The molecule has 0 saturated carbocycles. The Morgan fingerprint density at radius 2 is 2.13 bits per heavy atom. The van der Waals surface area contributed by atoms with Crippen LogP contribution in [0.15, 0.2) is 41.2 Å². The van der Waals surface area contributed by atoms with E-state index in [9.17, 15) is 4.39 Å². The number of halogens is 1. The van der Waals surface area contributed by atoms with Crippen molar-refractivity contribution in [2.75, 3.05) is 26.5 Å². The van der Waals surface area contributed by atoms with Gasteiger partial charge in [-0.05, 0) is 43.4 Å². The maximum atomic E-state index is 11.8. The van der Waals surface area contributed by atoms with Crippen LogP contribution >= 0.6 is 0 Å². The van der Waals surface area contributed by atoms with Gasteiger partial charge in [-0.2, -0.15) is 0 Å². The molecule has 5 heteroatoms. The molecule has 0 N–H and O–H groups in total. The van der Waals surface area contributed by atoms with Crippen LogP contribution < -0.4 is 0 Å². The number of alkyl halides is 1. The zero-order valence-electron chi connectivity index (χ0n) is 13.1. The first kappa shape index (κ1) is 17.2. The van der Waals surface area contributed by atoms with Gasteiger partial charge < -0.3 is 9.57 Å². The molecule has 0 bridgehead atoms. The van der Waals surface area contributed by atoms with Crippen molar-refractivity contribution < 1.29 is 14.0 Å². The molecule has 122 valence electrons. The molecule has 1 aliphatic rings. The van der Waals surface area contributed by atoms with E-state index in [4.69, 9.17) is 9.57 Å². The Kier molecular flexibility index (Phi) is 7.85. The highest BCUT2D eigenvalue weighted by atomic mass is 19.1. The zero-order chi connectivity index (χ0) is 16.2. The van der Waals surface area contributed by atoms with Gasteiger partial charge in [-0.1, -0.05) is 17.1 Å². The molecule has 1 aromatic heterocycles. The fourth-order valence-electron chi connectivity index (χ4n) is 2.07. The molecule has 1 aromatic rings. The number of pyridine rings is 1. The van der Waals surface area contributed by atoms with E-state index < -0.39 is 6.67 Å². The number of ether oxygens (including phenoxy) is 1. The molecule has 0 aliphatic heterocycles. The maximum Gasteiger partial charge on any atom is 0.119 e. The lowest BCUT2D eigenvalue weighted by atomic mass is 9.98. The summed E-state index contributed by atoms with van der Waals surface area (Å²) in [5.41, 5.74) is 2.73. The van der Waals surface area contributed by atoms with E-state index in [2.05, 4.69) is 22.0 Å². The molecule has 1 aliphatic carbocycles. The number of nitrogens with zero attached hydrogens (tertiary/aromatic N) is 2. The van der Waals surface area contributed by atoms with Crippen LogP contribution in [0.4, 0.5) is 4.39 Å². The molecule has 0 fully saturated rings. The van der Waals surface area contributed by atoms with Crippen LogP contribution in [0.2, 0.25) is 0 Å². The summed E-state index contributed by atoms with van der Waals surface area (Å²) >= 11 is 0. The average Bonchev–Trinajstić information content (AvgIpc) is 2.60. The van der Waals surface area contributed by atoms with Crippen molar-refractivity contribution in [2.45, 2.75) is 25.7 Å². The second-order valence-corrected chi connectivity index (χ2v) is 5.06. The van der Waals surface area contributed by atoms with Crippen molar-refractivity contribution in [3.8, 4) is 11.8 Å². The van der Waals surface area contributed by atoms with Crippen molar-refractivity contribution in [2.24, 2.45) is 5.16 Å². The largest absolute Gasteiger partial charge is 0.396 e. The Labute approximate surface area is 136 Å². The summed E-state index contributed by atoms with van der Waals surface area (Å²) in [6.07, 6.45) is 7.29. The first-order valence-electron chi connectivity index (χ1n) is 7.84. The highest BCUT2D eigenvalue weighted by Gasteiger charge is 2.07. The van der Waals surface area contributed by atoms with Gasteiger partial charge in [0.15, 0.2) is 0 Å². The lowest BCUT2D eigenvalue weighted by Gasteiger charge is -2.09. The minimum atomic E-state index is -0.448. The highest BCUT2D eigenvalue weighted by molar-refractivity contribution is 5.96. The van der Waals surface area contributed by atoms with Crippen molar-refractivity contribution in [3.63, 3.8) is 0 Å². The fraction of sp³-hybridized carbons (Fsp3) is 0.444. The first-order valence-corrected chi connectivity index (χ1v) is 7.84. The molecule has 0 aromatic carbocycles. The van der Waals surface area contributed by atoms with Gasteiger partial charge in [-0.25, -0.2) is 9.37 Å². The molecule has 4 nitrogen and oxygen atoms in total. The molecule has 0 radical (unpaired) electrons. The van der Waals surface area contributed by atoms with E-state index in [1.807, 2.05) is 24.3 Å². The Morgan fingerprint density at radius 1 is 1.17 bits per heavy atom. The molecule has 23 heavy (non-hydrogen) atoms. The molecule has 0 saturated heterocycles. The second kappa shape index (κ2) is 10.5. The smallest absolute Gasteiger partial charge is 0.119 e. The summed E-state index contributed by atoms with van der Waals surface area (Å²) < 4.78 is 16.8.